The van der Waals surface area contributed by atoms with Crippen LogP contribution in [-0.2, 0) is 0 Å². The van der Waals surface area contributed by atoms with Gasteiger partial charge in [-0.1, -0.05) is 0 Å². The average Bonchev–Trinajstić information content (AvgIpc) is 2.44. The molecule has 1 N–H and O–H groups in total. The number of aromatic carboxylic acids is 1. The molecule has 0 aliphatic heterocycles. The highest BCUT2D eigenvalue weighted by atomic mass is 79.9. The second-order valence-corrected chi connectivity index (χ2v) is 3.74. The molecule has 0 unspecified atom stereocenters. The van der Waals surface area contributed by atoms with Gasteiger partial charge in [-0.15, -0.1) is 11.3 Å². The number of thiazole rings is 1. The largest absolute Gasteiger partial charge is 0.476 e. The van der Waals surface area contributed by atoms with Crippen molar-refractivity contribution in [1.29, 1.82) is 0 Å². The number of halogens is 1. The Hall–Kier alpha value is -0.880. The fraction of sp³-hybridized carbons (Fsp3) is 0. The number of aromatic nitrogens is 2. The van der Waals surface area contributed by atoms with Crippen LogP contribution in [0.4, 0.5) is 0 Å². The topological polar surface area (TPSA) is 54.6 Å². The monoisotopic (exact) mass is 246 g/mol. The molecule has 0 saturated heterocycles. The minimum absolute atomic E-state index is 0.172. The Morgan fingerprint density at radius 1 is 1.75 bits per heavy atom. The Bertz CT molecular complexity index is 447. The van der Waals surface area contributed by atoms with E-state index >= 15 is 0 Å². The first-order chi connectivity index (χ1) is 5.70. The Morgan fingerprint density at radius 2 is 2.50 bits per heavy atom. The van der Waals surface area contributed by atoms with Gasteiger partial charge >= 0.3 is 5.97 Å². The number of rotatable bonds is 1. The minimum Gasteiger partial charge on any atom is -0.476 e. The smallest absolute Gasteiger partial charge is 0.355 e. The van der Waals surface area contributed by atoms with Gasteiger partial charge in [-0.25, -0.2) is 9.78 Å². The molecule has 0 fully saturated rings. The summed E-state index contributed by atoms with van der Waals surface area (Å²) in [6.07, 6.45) is 1.68. The highest BCUT2D eigenvalue weighted by molar-refractivity contribution is 9.10. The highest BCUT2D eigenvalue weighted by Crippen LogP contribution is 2.21. The summed E-state index contributed by atoms with van der Waals surface area (Å²) in [7, 11) is 0. The number of nitrogens with zero attached hydrogens (tertiary/aromatic N) is 2. The van der Waals surface area contributed by atoms with Crippen molar-refractivity contribution >= 4 is 38.2 Å². The molecule has 2 heterocycles. The molecular weight excluding hydrogens is 244 g/mol. The number of carboxylic acid groups (broad SMARTS) is 1. The first-order valence-electron chi connectivity index (χ1n) is 3.04. The van der Waals surface area contributed by atoms with Gasteiger partial charge in [-0.2, -0.15) is 0 Å². The average molecular weight is 247 g/mol. The van der Waals surface area contributed by atoms with Gasteiger partial charge in [0.15, 0.2) is 10.7 Å². The van der Waals surface area contributed by atoms with E-state index in [-0.39, 0.29) is 5.69 Å². The second kappa shape index (κ2) is 2.56. The lowest BCUT2D eigenvalue weighted by Gasteiger charge is -1.89. The van der Waals surface area contributed by atoms with Gasteiger partial charge in [-0.3, -0.25) is 4.40 Å². The van der Waals surface area contributed by atoms with Crippen molar-refractivity contribution in [2.75, 3.05) is 0 Å². The lowest BCUT2D eigenvalue weighted by Crippen LogP contribution is -2.00. The third-order valence-corrected chi connectivity index (χ3v) is 2.73. The zero-order valence-corrected chi connectivity index (χ0v) is 8.09. The molecule has 0 atom stereocenters. The van der Waals surface area contributed by atoms with Crippen molar-refractivity contribution < 1.29 is 9.90 Å². The number of imidazole rings is 1. The van der Waals surface area contributed by atoms with Crippen LogP contribution in [0.5, 0.6) is 0 Å². The van der Waals surface area contributed by atoms with Gasteiger partial charge in [0, 0.05) is 11.6 Å². The first-order valence-corrected chi connectivity index (χ1v) is 4.72. The molecule has 0 bridgehead atoms. The zero-order chi connectivity index (χ0) is 8.72. The van der Waals surface area contributed by atoms with Crippen molar-refractivity contribution in [3.63, 3.8) is 0 Å². The van der Waals surface area contributed by atoms with E-state index in [1.165, 1.54) is 15.7 Å². The summed E-state index contributed by atoms with van der Waals surface area (Å²) in [5.41, 5.74) is 0.172. The lowest BCUT2D eigenvalue weighted by molar-refractivity contribution is 0.0688. The number of hydrogen-bond donors (Lipinski definition) is 1. The van der Waals surface area contributed by atoms with Crippen LogP contribution in [0.2, 0.25) is 0 Å². The summed E-state index contributed by atoms with van der Waals surface area (Å²) in [5.74, 6) is -0.979. The maximum Gasteiger partial charge on any atom is 0.355 e. The molecule has 0 saturated carbocycles. The summed E-state index contributed by atoms with van der Waals surface area (Å²) in [6.45, 7) is 0. The van der Waals surface area contributed by atoms with E-state index in [9.17, 15) is 4.79 Å². The molecule has 4 nitrogen and oxygen atoms in total. The van der Waals surface area contributed by atoms with Crippen LogP contribution in [0.25, 0.3) is 4.96 Å². The molecule has 62 valence electrons. The fourth-order valence-corrected chi connectivity index (χ4v) is 2.31. The highest BCUT2D eigenvalue weighted by Gasteiger charge is 2.16. The molecule has 6 heteroatoms. The van der Waals surface area contributed by atoms with Gasteiger partial charge in [0.25, 0.3) is 0 Å². The Labute approximate surface area is 79.6 Å². The summed E-state index contributed by atoms with van der Waals surface area (Å²) < 4.78 is 1.92. The third-order valence-electron chi connectivity index (χ3n) is 1.42. The molecule has 0 amide bonds. The van der Waals surface area contributed by atoms with Gasteiger partial charge in [0.2, 0.25) is 0 Å². The third kappa shape index (κ3) is 0.953. The molecule has 12 heavy (non-hydrogen) atoms. The van der Waals surface area contributed by atoms with Crippen LogP contribution in [-0.4, -0.2) is 20.5 Å². The maximum absolute atomic E-state index is 10.7. The fourth-order valence-electron chi connectivity index (χ4n) is 0.951. The number of hydrogen-bond acceptors (Lipinski definition) is 3. The van der Waals surface area contributed by atoms with E-state index in [0.29, 0.717) is 9.56 Å². The lowest BCUT2D eigenvalue weighted by atomic mass is 10.5. The number of carboxylic acids is 1. The van der Waals surface area contributed by atoms with Crippen LogP contribution in [0.1, 0.15) is 10.5 Å². The van der Waals surface area contributed by atoms with Crippen LogP contribution < -0.4 is 0 Å². The number of carbonyl (C=O) groups is 1. The second-order valence-electron chi connectivity index (χ2n) is 2.11. The SMILES string of the molecule is O=C(O)c1c(Br)nc2sccn12. The van der Waals surface area contributed by atoms with Crippen molar-refractivity contribution in [3.8, 4) is 0 Å². The van der Waals surface area contributed by atoms with Crippen molar-refractivity contribution in [2.24, 2.45) is 0 Å². The molecule has 0 spiro atoms. The van der Waals surface area contributed by atoms with Gasteiger partial charge in [0.05, 0.1) is 0 Å². The van der Waals surface area contributed by atoms with Crippen LogP contribution in [0.15, 0.2) is 16.2 Å². The van der Waals surface area contributed by atoms with Crippen molar-refractivity contribution in [3.05, 3.63) is 21.9 Å². The number of fused-ring (bicyclic) bond motifs is 1. The van der Waals surface area contributed by atoms with E-state index in [1.807, 2.05) is 0 Å². The summed E-state index contributed by atoms with van der Waals surface area (Å²) in [6, 6.07) is 0. The van der Waals surface area contributed by atoms with Crippen LogP contribution >= 0.6 is 27.3 Å². The summed E-state index contributed by atoms with van der Waals surface area (Å²) >= 11 is 4.48. The van der Waals surface area contributed by atoms with E-state index in [1.54, 1.807) is 11.6 Å². The van der Waals surface area contributed by atoms with E-state index < -0.39 is 5.97 Å². The molecule has 2 aromatic rings. The van der Waals surface area contributed by atoms with Crippen LogP contribution in [0.3, 0.4) is 0 Å². The van der Waals surface area contributed by atoms with E-state index in [0.717, 1.165) is 0 Å². The summed E-state index contributed by atoms with van der Waals surface area (Å²) in [5, 5.41) is 10.6. The Kier molecular flexibility index (Phi) is 1.66. The molecule has 2 aromatic heterocycles. The zero-order valence-electron chi connectivity index (χ0n) is 5.69. The molecule has 0 aromatic carbocycles. The molecular formula is C6H3BrN2O2S. The van der Waals surface area contributed by atoms with Gasteiger partial charge < -0.3 is 5.11 Å². The quantitative estimate of drug-likeness (QED) is 0.836. The maximum atomic E-state index is 10.7. The molecule has 0 aliphatic carbocycles. The van der Waals surface area contributed by atoms with Gasteiger partial charge in [-0.05, 0) is 15.9 Å². The molecule has 0 radical (unpaired) electrons. The predicted octanol–water partition coefficient (Wildman–Crippen LogP) is 1.86. The van der Waals surface area contributed by atoms with Crippen molar-refractivity contribution in [2.45, 2.75) is 0 Å². The predicted molar refractivity (Wildman–Crippen MR) is 47.7 cm³/mol. The Morgan fingerprint density at radius 3 is 3.17 bits per heavy atom. The van der Waals surface area contributed by atoms with Crippen LogP contribution in [0, 0.1) is 0 Å². The normalized spacial score (nSPS) is 10.8. The Balaban J connectivity index is 2.84. The van der Waals surface area contributed by atoms with Gasteiger partial charge in [0.1, 0.15) is 4.60 Å². The van der Waals surface area contributed by atoms with E-state index in [2.05, 4.69) is 20.9 Å². The first kappa shape index (κ1) is 7.75. The molecule has 0 aliphatic rings. The van der Waals surface area contributed by atoms with Crippen molar-refractivity contribution in [1.82, 2.24) is 9.38 Å². The molecule has 2 rings (SSSR count). The minimum atomic E-state index is -0.979. The standard InChI is InChI=1S/C6H3BrN2O2S/c7-4-3(5(10)11)9-1-2-12-6(9)8-4/h1-2H,(H,10,11). The van der Waals surface area contributed by atoms with E-state index in [4.69, 9.17) is 5.11 Å². The summed E-state index contributed by atoms with van der Waals surface area (Å²) in [4.78, 5) is 15.4.